The molecule has 3 rings (SSSR count). The Kier molecular flexibility index (Phi) is 5.11. The maximum atomic E-state index is 4.60. The minimum Gasteiger partial charge on any atom is -0.354 e. The van der Waals surface area contributed by atoms with E-state index in [0.717, 1.165) is 39.3 Å². The molecule has 0 aliphatic heterocycles. The molecule has 0 bridgehead atoms. The van der Waals surface area contributed by atoms with Crippen LogP contribution in [0.1, 0.15) is 12.5 Å². The Hall–Kier alpha value is -2.40. The SMILES string of the molecule is CCNc1nc(Nc2cccc(Br)c2C)cc(-c2ccccc2)n1. The molecule has 0 unspecified atom stereocenters. The van der Waals surface area contributed by atoms with E-state index in [1.807, 2.05) is 61.5 Å². The topological polar surface area (TPSA) is 49.8 Å². The van der Waals surface area contributed by atoms with Crippen LogP contribution in [0.15, 0.2) is 59.1 Å². The van der Waals surface area contributed by atoms with Gasteiger partial charge in [-0.15, -0.1) is 0 Å². The van der Waals surface area contributed by atoms with Gasteiger partial charge < -0.3 is 10.6 Å². The van der Waals surface area contributed by atoms with Crippen molar-refractivity contribution < 1.29 is 0 Å². The molecule has 5 heteroatoms. The van der Waals surface area contributed by atoms with Crippen molar-refractivity contribution in [3.8, 4) is 11.3 Å². The van der Waals surface area contributed by atoms with E-state index in [4.69, 9.17) is 0 Å². The Morgan fingerprint density at radius 2 is 1.79 bits per heavy atom. The summed E-state index contributed by atoms with van der Waals surface area (Å²) < 4.78 is 1.07. The van der Waals surface area contributed by atoms with Gasteiger partial charge in [-0.05, 0) is 31.5 Å². The molecule has 122 valence electrons. The van der Waals surface area contributed by atoms with Crippen LogP contribution >= 0.6 is 15.9 Å². The first kappa shape index (κ1) is 16.5. The molecule has 24 heavy (non-hydrogen) atoms. The number of hydrogen-bond donors (Lipinski definition) is 2. The quantitative estimate of drug-likeness (QED) is 0.620. The molecule has 0 amide bonds. The second-order valence-electron chi connectivity index (χ2n) is 5.40. The number of nitrogens with one attached hydrogen (secondary N) is 2. The first-order chi connectivity index (χ1) is 11.7. The average molecular weight is 383 g/mol. The van der Waals surface area contributed by atoms with Crippen LogP contribution in [-0.2, 0) is 0 Å². The molecule has 3 aromatic rings. The summed E-state index contributed by atoms with van der Waals surface area (Å²) in [4.78, 5) is 9.17. The highest BCUT2D eigenvalue weighted by molar-refractivity contribution is 9.10. The predicted molar refractivity (Wildman–Crippen MR) is 104 cm³/mol. The first-order valence-corrected chi connectivity index (χ1v) is 8.67. The Morgan fingerprint density at radius 3 is 2.54 bits per heavy atom. The van der Waals surface area contributed by atoms with Crippen molar-refractivity contribution in [1.82, 2.24) is 9.97 Å². The van der Waals surface area contributed by atoms with Crippen LogP contribution in [0.25, 0.3) is 11.3 Å². The molecule has 0 saturated carbocycles. The van der Waals surface area contributed by atoms with Crippen molar-refractivity contribution in [2.24, 2.45) is 0 Å². The summed E-state index contributed by atoms with van der Waals surface area (Å²) in [5.41, 5.74) is 4.11. The molecule has 2 aromatic carbocycles. The van der Waals surface area contributed by atoms with Gasteiger partial charge in [-0.2, -0.15) is 4.98 Å². The van der Waals surface area contributed by atoms with Crippen molar-refractivity contribution in [1.29, 1.82) is 0 Å². The zero-order valence-electron chi connectivity index (χ0n) is 13.7. The monoisotopic (exact) mass is 382 g/mol. The van der Waals surface area contributed by atoms with Gasteiger partial charge in [0, 0.05) is 28.3 Å². The van der Waals surface area contributed by atoms with E-state index in [-0.39, 0.29) is 0 Å². The maximum Gasteiger partial charge on any atom is 0.225 e. The van der Waals surface area contributed by atoms with Crippen LogP contribution in [0.4, 0.5) is 17.5 Å². The molecule has 0 fully saturated rings. The summed E-state index contributed by atoms with van der Waals surface area (Å²) in [6.45, 7) is 4.87. The summed E-state index contributed by atoms with van der Waals surface area (Å²) in [6.07, 6.45) is 0. The van der Waals surface area contributed by atoms with Crippen molar-refractivity contribution >= 4 is 33.4 Å². The van der Waals surface area contributed by atoms with Crippen molar-refractivity contribution in [3.63, 3.8) is 0 Å². The molecule has 0 spiro atoms. The van der Waals surface area contributed by atoms with Crippen LogP contribution in [0.5, 0.6) is 0 Å². The Bertz CT molecular complexity index is 834. The minimum atomic E-state index is 0.619. The van der Waals surface area contributed by atoms with Crippen LogP contribution in [0.2, 0.25) is 0 Å². The molecule has 0 aliphatic carbocycles. The van der Waals surface area contributed by atoms with Crippen molar-refractivity contribution in [3.05, 3.63) is 64.6 Å². The van der Waals surface area contributed by atoms with Gasteiger partial charge in [0.15, 0.2) is 0 Å². The van der Waals surface area contributed by atoms with Crippen LogP contribution < -0.4 is 10.6 Å². The zero-order valence-corrected chi connectivity index (χ0v) is 15.3. The molecular weight excluding hydrogens is 364 g/mol. The van der Waals surface area contributed by atoms with Gasteiger partial charge in [0.1, 0.15) is 5.82 Å². The van der Waals surface area contributed by atoms with Crippen LogP contribution in [0.3, 0.4) is 0 Å². The van der Waals surface area contributed by atoms with E-state index >= 15 is 0 Å². The van der Waals surface area contributed by atoms with Gasteiger partial charge in [-0.25, -0.2) is 4.98 Å². The summed E-state index contributed by atoms with van der Waals surface area (Å²) in [5.74, 6) is 1.38. The lowest BCUT2D eigenvalue weighted by Gasteiger charge is -2.13. The molecule has 2 N–H and O–H groups in total. The van der Waals surface area contributed by atoms with Gasteiger partial charge in [0.05, 0.1) is 5.69 Å². The van der Waals surface area contributed by atoms with E-state index in [9.17, 15) is 0 Å². The smallest absolute Gasteiger partial charge is 0.225 e. The third-order valence-electron chi connectivity index (χ3n) is 3.66. The fourth-order valence-corrected chi connectivity index (χ4v) is 2.75. The van der Waals surface area contributed by atoms with Gasteiger partial charge in [-0.1, -0.05) is 52.3 Å². The maximum absolute atomic E-state index is 4.60. The average Bonchev–Trinajstić information content (AvgIpc) is 2.60. The van der Waals surface area contributed by atoms with E-state index in [1.165, 1.54) is 0 Å². The number of nitrogens with zero attached hydrogens (tertiary/aromatic N) is 2. The third kappa shape index (κ3) is 3.74. The summed E-state index contributed by atoms with van der Waals surface area (Å²) in [7, 11) is 0. The molecule has 0 atom stereocenters. The second-order valence-corrected chi connectivity index (χ2v) is 6.25. The number of halogens is 1. The fraction of sp³-hybridized carbons (Fsp3) is 0.158. The van der Waals surface area contributed by atoms with Gasteiger partial charge in [-0.3, -0.25) is 0 Å². The van der Waals surface area contributed by atoms with Gasteiger partial charge in [0.25, 0.3) is 0 Å². The fourth-order valence-electron chi connectivity index (χ4n) is 2.39. The Balaban J connectivity index is 2.00. The normalized spacial score (nSPS) is 10.5. The van der Waals surface area contributed by atoms with Crippen molar-refractivity contribution in [2.45, 2.75) is 13.8 Å². The highest BCUT2D eigenvalue weighted by Crippen LogP contribution is 2.28. The number of anilines is 3. The lowest BCUT2D eigenvalue weighted by atomic mass is 10.1. The van der Waals surface area contributed by atoms with Gasteiger partial charge in [0.2, 0.25) is 5.95 Å². The number of rotatable bonds is 5. The zero-order chi connectivity index (χ0) is 16.9. The number of hydrogen-bond acceptors (Lipinski definition) is 4. The molecule has 1 aromatic heterocycles. The van der Waals surface area contributed by atoms with E-state index in [1.54, 1.807) is 0 Å². The predicted octanol–water partition coefficient (Wildman–Crippen LogP) is 5.39. The summed E-state index contributed by atoms with van der Waals surface area (Å²) in [5, 5.41) is 6.60. The lowest BCUT2D eigenvalue weighted by molar-refractivity contribution is 1.09. The Labute approximate surface area is 150 Å². The first-order valence-electron chi connectivity index (χ1n) is 7.88. The van der Waals surface area contributed by atoms with E-state index < -0.39 is 0 Å². The third-order valence-corrected chi connectivity index (χ3v) is 4.52. The standard InChI is InChI=1S/C19H19BrN4/c1-3-21-19-23-17(14-8-5-4-6-9-14)12-18(24-19)22-16-11-7-10-15(20)13(16)2/h4-12H,3H2,1-2H3,(H2,21,22,23,24). The van der Waals surface area contributed by atoms with Gasteiger partial charge >= 0.3 is 0 Å². The second kappa shape index (κ2) is 7.45. The number of aromatic nitrogens is 2. The highest BCUT2D eigenvalue weighted by atomic mass is 79.9. The largest absolute Gasteiger partial charge is 0.354 e. The number of benzene rings is 2. The molecule has 1 heterocycles. The lowest BCUT2D eigenvalue weighted by Crippen LogP contribution is -2.05. The summed E-state index contributed by atoms with van der Waals surface area (Å²) >= 11 is 3.56. The van der Waals surface area contributed by atoms with Crippen LogP contribution in [0, 0.1) is 6.92 Å². The molecule has 0 saturated heterocycles. The molecular formula is C19H19BrN4. The van der Waals surface area contributed by atoms with E-state index in [2.05, 4.69) is 43.5 Å². The van der Waals surface area contributed by atoms with Crippen LogP contribution in [-0.4, -0.2) is 16.5 Å². The molecule has 0 aliphatic rings. The summed E-state index contributed by atoms with van der Waals surface area (Å²) in [6, 6.07) is 18.2. The highest BCUT2D eigenvalue weighted by Gasteiger charge is 2.08. The van der Waals surface area contributed by atoms with Crippen molar-refractivity contribution in [2.75, 3.05) is 17.2 Å². The Morgan fingerprint density at radius 1 is 1.00 bits per heavy atom. The van der Waals surface area contributed by atoms with E-state index in [0.29, 0.717) is 5.95 Å². The molecule has 0 radical (unpaired) electrons. The molecule has 4 nitrogen and oxygen atoms in total. The minimum absolute atomic E-state index is 0.619.